The number of allylic oxidation sites excluding steroid dienone is 1. The molecule has 32 heavy (non-hydrogen) atoms. The van der Waals surface area contributed by atoms with Crippen LogP contribution in [-0.4, -0.2) is 23.3 Å². The van der Waals surface area contributed by atoms with Gasteiger partial charge in [0.2, 0.25) is 0 Å². The first-order valence-electron chi connectivity index (χ1n) is 10.1. The van der Waals surface area contributed by atoms with E-state index in [9.17, 15) is 4.79 Å². The van der Waals surface area contributed by atoms with Gasteiger partial charge in [-0.05, 0) is 50.7 Å². The second-order valence-electron chi connectivity index (χ2n) is 7.58. The number of hydrogen-bond donors (Lipinski definition) is 2. The van der Waals surface area contributed by atoms with Crippen LogP contribution in [-0.2, 0) is 4.79 Å². The number of rotatable bonds is 5. The molecule has 1 aliphatic rings. The minimum Gasteiger partial charge on any atom is -0.495 e. The van der Waals surface area contributed by atoms with Gasteiger partial charge in [0.05, 0.1) is 24.4 Å². The molecule has 8 heteroatoms. The van der Waals surface area contributed by atoms with E-state index in [-0.39, 0.29) is 5.91 Å². The summed E-state index contributed by atoms with van der Waals surface area (Å²) in [7, 11) is 1.61. The molecule has 0 saturated heterocycles. The van der Waals surface area contributed by atoms with Crippen molar-refractivity contribution < 1.29 is 14.1 Å². The van der Waals surface area contributed by atoms with E-state index in [2.05, 4.69) is 15.8 Å². The molecule has 0 aliphatic carbocycles. The van der Waals surface area contributed by atoms with Crippen molar-refractivity contribution in [2.24, 2.45) is 0 Å². The van der Waals surface area contributed by atoms with E-state index in [1.807, 2.05) is 67.3 Å². The molecular weight excluding hydrogens is 424 g/mol. The Labute approximate surface area is 192 Å². The summed E-state index contributed by atoms with van der Waals surface area (Å²) < 4.78 is 10.6. The minimum atomic E-state index is -0.429. The number of aromatic nitrogens is 1. The summed E-state index contributed by atoms with van der Waals surface area (Å²) in [6.45, 7) is 5.67. The summed E-state index contributed by atoms with van der Waals surface area (Å²) in [6, 6.07) is 16.8. The first kappa shape index (κ1) is 21.6. The fraction of sp³-hybridized carbons (Fsp3) is 0.208. The van der Waals surface area contributed by atoms with E-state index in [1.165, 1.54) is 0 Å². The zero-order chi connectivity index (χ0) is 22.8. The van der Waals surface area contributed by atoms with Crippen LogP contribution in [0.15, 0.2) is 70.4 Å². The Bertz CT molecular complexity index is 1220. The number of hydrogen-bond acceptors (Lipinski definition) is 5. The number of ether oxygens (including phenoxy) is 1. The maximum Gasteiger partial charge on any atom is 0.257 e. The van der Waals surface area contributed by atoms with Crippen molar-refractivity contribution in [1.82, 2.24) is 10.5 Å². The average Bonchev–Trinajstić information content (AvgIpc) is 3.18. The Morgan fingerprint density at radius 3 is 2.62 bits per heavy atom. The van der Waals surface area contributed by atoms with E-state index >= 15 is 0 Å². The molecular formula is C24H24N4O3S. The molecule has 7 nitrogen and oxygen atoms in total. The van der Waals surface area contributed by atoms with Gasteiger partial charge in [-0.1, -0.05) is 47.1 Å². The molecule has 1 atom stereocenters. The highest BCUT2D eigenvalue weighted by Crippen LogP contribution is 2.38. The van der Waals surface area contributed by atoms with Crippen molar-refractivity contribution in [3.8, 4) is 5.75 Å². The summed E-state index contributed by atoms with van der Waals surface area (Å²) in [5.41, 5.74) is 3.99. The van der Waals surface area contributed by atoms with E-state index < -0.39 is 6.04 Å². The first-order chi connectivity index (χ1) is 15.4. The predicted molar refractivity (Wildman–Crippen MR) is 128 cm³/mol. The zero-order valence-electron chi connectivity index (χ0n) is 18.3. The maximum atomic E-state index is 13.5. The summed E-state index contributed by atoms with van der Waals surface area (Å²) in [5, 5.41) is 10.6. The number of thiocarbonyl (C=S) groups is 1. The molecule has 0 bridgehead atoms. The van der Waals surface area contributed by atoms with Gasteiger partial charge < -0.3 is 19.9 Å². The third-order valence-corrected chi connectivity index (χ3v) is 5.60. The molecule has 3 aromatic rings. The fourth-order valence-electron chi connectivity index (χ4n) is 3.85. The number of aryl methyl sites for hydroxylation is 2. The van der Waals surface area contributed by atoms with Crippen molar-refractivity contribution in [3.63, 3.8) is 0 Å². The average molecular weight is 449 g/mol. The van der Waals surface area contributed by atoms with Crippen LogP contribution in [0.4, 0.5) is 11.5 Å². The van der Waals surface area contributed by atoms with Gasteiger partial charge in [0, 0.05) is 11.8 Å². The van der Waals surface area contributed by atoms with Gasteiger partial charge in [0.25, 0.3) is 5.91 Å². The molecule has 0 radical (unpaired) electrons. The van der Waals surface area contributed by atoms with Gasteiger partial charge in [-0.25, -0.2) is 0 Å². The molecule has 0 saturated carbocycles. The maximum absolute atomic E-state index is 13.5. The van der Waals surface area contributed by atoms with Crippen LogP contribution in [0, 0.1) is 13.8 Å². The fourth-order valence-corrected chi connectivity index (χ4v) is 4.20. The molecule has 0 fully saturated rings. The lowest BCUT2D eigenvalue weighted by Gasteiger charge is -2.38. The third-order valence-electron chi connectivity index (χ3n) is 5.30. The summed E-state index contributed by atoms with van der Waals surface area (Å²) in [6.07, 6.45) is 0. The number of carbonyl (C=O) groups is 1. The van der Waals surface area contributed by atoms with Crippen LogP contribution in [0.5, 0.6) is 5.75 Å². The second kappa shape index (κ2) is 8.84. The van der Waals surface area contributed by atoms with Crippen LogP contribution in [0.1, 0.15) is 29.9 Å². The Morgan fingerprint density at radius 2 is 1.94 bits per heavy atom. The molecule has 1 aliphatic heterocycles. The number of carbonyl (C=O) groups excluding carboxylic acids is 1. The van der Waals surface area contributed by atoms with Crippen molar-refractivity contribution >= 4 is 34.7 Å². The number of para-hydroxylation sites is 2. The Hall–Kier alpha value is -3.65. The van der Waals surface area contributed by atoms with Crippen LogP contribution in [0.25, 0.3) is 0 Å². The van der Waals surface area contributed by atoms with Crippen LogP contribution < -0.4 is 20.3 Å². The van der Waals surface area contributed by atoms with Crippen molar-refractivity contribution in [3.05, 3.63) is 82.8 Å². The van der Waals surface area contributed by atoms with Crippen molar-refractivity contribution in [2.45, 2.75) is 26.8 Å². The number of amides is 1. The summed E-state index contributed by atoms with van der Waals surface area (Å²) in [4.78, 5) is 15.3. The highest BCUT2D eigenvalue weighted by Gasteiger charge is 2.35. The third kappa shape index (κ3) is 4.09. The molecule has 164 valence electrons. The van der Waals surface area contributed by atoms with Crippen LogP contribution >= 0.6 is 12.2 Å². The molecule has 2 N–H and O–H groups in total. The lowest BCUT2D eigenvalue weighted by Crippen LogP contribution is -2.48. The largest absolute Gasteiger partial charge is 0.495 e. The van der Waals surface area contributed by atoms with E-state index in [1.54, 1.807) is 20.1 Å². The molecule has 1 unspecified atom stereocenters. The molecule has 1 amide bonds. The van der Waals surface area contributed by atoms with Gasteiger partial charge in [-0.3, -0.25) is 9.69 Å². The predicted octanol–water partition coefficient (Wildman–Crippen LogP) is 4.65. The lowest BCUT2D eigenvalue weighted by molar-refractivity contribution is -0.113. The molecule has 2 aromatic carbocycles. The summed E-state index contributed by atoms with van der Waals surface area (Å²) >= 11 is 5.74. The highest BCUT2D eigenvalue weighted by atomic mass is 32.1. The van der Waals surface area contributed by atoms with Crippen LogP contribution in [0.3, 0.4) is 0 Å². The van der Waals surface area contributed by atoms with Gasteiger partial charge in [-0.2, -0.15) is 0 Å². The number of anilines is 2. The first-order valence-corrected chi connectivity index (χ1v) is 10.6. The van der Waals surface area contributed by atoms with Crippen molar-refractivity contribution in [2.75, 3.05) is 17.3 Å². The van der Waals surface area contributed by atoms with Gasteiger partial charge in [0.15, 0.2) is 10.9 Å². The number of benzene rings is 2. The number of nitrogens with one attached hydrogen (secondary N) is 2. The Kier molecular flexibility index (Phi) is 5.96. The Balaban J connectivity index is 1.84. The summed E-state index contributed by atoms with van der Waals surface area (Å²) in [5.74, 6) is 1.32. The van der Waals surface area contributed by atoms with E-state index in [0.29, 0.717) is 33.7 Å². The highest BCUT2D eigenvalue weighted by molar-refractivity contribution is 7.80. The lowest BCUT2D eigenvalue weighted by atomic mass is 9.93. The topological polar surface area (TPSA) is 79.6 Å². The molecule has 2 heterocycles. The quantitative estimate of drug-likeness (QED) is 0.550. The number of methoxy groups -OCH3 is 1. The molecule has 1 aromatic heterocycles. The molecule has 4 rings (SSSR count). The molecule has 0 spiro atoms. The van der Waals surface area contributed by atoms with Gasteiger partial charge in [-0.15, -0.1) is 0 Å². The number of nitrogens with zero attached hydrogens (tertiary/aromatic N) is 2. The standard InChI is InChI=1S/C24H24N4O3S/c1-14-8-7-9-17(12-14)22-21(23(29)25-20-13-15(2)31-27-20)16(3)28(24(32)26-22)18-10-5-6-11-19(18)30-4/h5-13,22H,1-4H3,(H,26,32)(H,25,27,29). The zero-order valence-corrected chi connectivity index (χ0v) is 19.1. The van der Waals surface area contributed by atoms with Gasteiger partial charge in [0.1, 0.15) is 11.5 Å². The Morgan fingerprint density at radius 1 is 1.16 bits per heavy atom. The smallest absolute Gasteiger partial charge is 0.257 e. The van der Waals surface area contributed by atoms with Gasteiger partial charge >= 0.3 is 0 Å². The second-order valence-corrected chi connectivity index (χ2v) is 7.97. The van der Waals surface area contributed by atoms with Crippen LogP contribution in [0.2, 0.25) is 0 Å². The normalized spacial score (nSPS) is 16.1. The van der Waals surface area contributed by atoms with E-state index in [4.69, 9.17) is 21.5 Å². The van der Waals surface area contributed by atoms with E-state index in [0.717, 1.165) is 16.8 Å². The SMILES string of the molecule is COc1ccccc1N1C(=S)NC(c2cccc(C)c2)C(C(=O)Nc2cc(C)on2)=C1C. The van der Waals surface area contributed by atoms with Crippen molar-refractivity contribution in [1.29, 1.82) is 0 Å². The monoisotopic (exact) mass is 448 g/mol. The minimum absolute atomic E-state index is 0.294.